The number of hydrogen-bond donors (Lipinski definition) is 2. The minimum atomic E-state index is -2.13. The fourth-order valence-electron chi connectivity index (χ4n) is 2.89. The quantitative estimate of drug-likeness (QED) is 0.203. The zero-order chi connectivity index (χ0) is 28.3. The maximum atomic E-state index is 12.9. The molecule has 1 atom stereocenters. The highest BCUT2D eigenvalue weighted by Gasteiger charge is 2.38. The molecule has 0 bridgehead atoms. The van der Waals surface area contributed by atoms with Gasteiger partial charge < -0.3 is 29.3 Å². The van der Waals surface area contributed by atoms with Crippen molar-refractivity contribution >= 4 is 37.4 Å². The van der Waals surface area contributed by atoms with Gasteiger partial charge in [-0.05, 0) is 23.7 Å². The van der Waals surface area contributed by atoms with Crippen molar-refractivity contribution in [3.8, 4) is 10.6 Å². The minimum absolute atomic E-state index is 0.0232. The van der Waals surface area contributed by atoms with Crippen molar-refractivity contribution in [2.24, 2.45) is 0 Å². The lowest BCUT2D eigenvalue weighted by Crippen LogP contribution is -2.49. The standard InChI is InChI=1S/C26H39N3O7SSi/c1-26(2,3)38(6,7)36-15-20(25(32)34-5)28-23(31)21-17-37-24(29-21)19-10-8-18(9-11-19)14-27-22(30)16-35-13-12-33-4/h8-11,17,20H,12-16H2,1-7H3,(H,27,30)(H,28,31)/t20-/m0/s1. The Hall–Kier alpha value is -2.64. The molecule has 0 saturated carbocycles. The number of aromatic nitrogens is 1. The number of amides is 2. The fraction of sp³-hybridized carbons (Fsp3) is 0.538. The van der Waals surface area contributed by atoms with Crippen molar-refractivity contribution in [3.63, 3.8) is 0 Å². The number of ether oxygens (including phenoxy) is 3. The van der Waals surface area contributed by atoms with E-state index >= 15 is 0 Å². The van der Waals surface area contributed by atoms with Crippen LogP contribution < -0.4 is 10.6 Å². The first-order chi connectivity index (χ1) is 17.9. The molecular formula is C26H39N3O7SSi. The molecule has 0 spiro atoms. The van der Waals surface area contributed by atoms with Gasteiger partial charge in [-0.15, -0.1) is 11.3 Å². The third-order valence-corrected chi connectivity index (χ3v) is 11.7. The van der Waals surface area contributed by atoms with E-state index in [1.165, 1.54) is 18.4 Å². The lowest BCUT2D eigenvalue weighted by Gasteiger charge is -2.37. The maximum absolute atomic E-state index is 12.9. The largest absolute Gasteiger partial charge is 0.467 e. The van der Waals surface area contributed by atoms with Crippen LogP contribution in [0, 0.1) is 0 Å². The Morgan fingerprint density at radius 1 is 1.08 bits per heavy atom. The topological polar surface area (TPSA) is 125 Å². The Labute approximate surface area is 229 Å². The summed E-state index contributed by atoms with van der Waals surface area (Å²) in [5.41, 5.74) is 1.95. The van der Waals surface area contributed by atoms with E-state index in [2.05, 4.69) is 49.5 Å². The van der Waals surface area contributed by atoms with Gasteiger partial charge in [0.2, 0.25) is 5.91 Å². The number of rotatable bonds is 14. The predicted octanol–water partition coefficient (Wildman–Crippen LogP) is 3.38. The van der Waals surface area contributed by atoms with Gasteiger partial charge in [-0.1, -0.05) is 45.0 Å². The zero-order valence-electron chi connectivity index (χ0n) is 23.2. The first-order valence-electron chi connectivity index (χ1n) is 12.3. The van der Waals surface area contributed by atoms with Gasteiger partial charge >= 0.3 is 5.97 Å². The predicted molar refractivity (Wildman–Crippen MR) is 149 cm³/mol. The third kappa shape index (κ3) is 9.59. The van der Waals surface area contributed by atoms with Crippen LogP contribution in [0.4, 0.5) is 0 Å². The van der Waals surface area contributed by atoms with Crippen LogP contribution in [-0.4, -0.2) is 77.8 Å². The second-order valence-corrected chi connectivity index (χ2v) is 15.8. The van der Waals surface area contributed by atoms with Crippen LogP contribution >= 0.6 is 11.3 Å². The molecule has 38 heavy (non-hydrogen) atoms. The second-order valence-electron chi connectivity index (χ2n) is 10.2. The molecule has 0 unspecified atom stereocenters. The maximum Gasteiger partial charge on any atom is 0.330 e. The molecule has 12 heteroatoms. The van der Waals surface area contributed by atoms with Gasteiger partial charge in [-0.3, -0.25) is 9.59 Å². The molecule has 2 N–H and O–H groups in total. The van der Waals surface area contributed by atoms with Gasteiger partial charge in [-0.2, -0.15) is 0 Å². The van der Waals surface area contributed by atoms with Gasteiger partial charge in [0, 0.05) is 24.6 Å². The highest BCUT2D eigenvalue weighted by Crippen LogP contribution is 2.36. The Kier molecular flexibility index (Phi) is 12.0. The van der Waals surface area contributed by atoms with Gasteiger partial charge in [0.25, 0.3) is 5.91 Å². The molecule has 0 saturated heterocycles. The SMILES string of the molecule is COCCOCC(=O)NCc1ccc(-c2nc(C(=O)N[C@@H](CO[Si](C)(C)C(C)(C)C)C(=O)OC)cs2)cc1. The van der Waals surface area contributed by atoms with Crippen LogP contribution in [0.5, 0.6) is 0 Å². The molecule has 1 aromatic carbocycles. The average molecular weight is 566 g/mol. The van der Waals surface area contributed by atoms with E-state index in [0.717, 1.165) is 11.1 Å². The van der Waals surface area contributed by atoms with Gasteiger partial charge in [0.05, 0.1) is 26.9 Å². The zero-order valence-corrected chi connectivity index (χ0v) is 25.0. The van der Waals surface area contributed by atoms with Crippen molar-refractivity contribution in [2.75, 3.05) is 40.6 Å². The Bertz CT molecular complexity index is 1070. The highest BCUT2D eigenvalue weighted by atomic mass is 32.1. The number of nitrogens with zero attached hydrogens (tertiary/aromatic N) is 1. The van der Waals surface area contributed by atoms with Gasteiger partial charge in [0.15, 0.2) is 8.32 Å². The van der Waals surface area contributed by atoms with Gasteiger partial charge in [-0.25, -0.2) is 9.78 Å². The molecule has 1 aromatic heterocycles. The molecule has 0 radical (unpaired) electrons. The van der Waals surface area contributed by atoms with E-state index in [4.69, 9.17) is 18.6 Å². The normalized spacial score (nSPS) is 12.6. The lowest BCUT2D eigenvalue weighted by molar-refractivity contribution is -0.143. The van der Waals surface area contributed by atoms with E-state index in [1.54, 1.807) is 12.5 Å². The van der Waals surface area contributed by atoms with Crippen molar-refractivity contribution in [3.05, 3.63) is 40.9 Å². The Morgan fingerprint density at radius 3 is 2.37 bits per heavy atom. The molecule has 2 rings (SSSR count). The minimum Gasteiger partial charge on any atom is -0.467 e. The third-order valence-electron chi connectivity index (χ3n) is 6.30. The van der Waals surface area contributed by atoms with E-state index in [0.29, 0.717) is 24.8 Å². The number of methoxy groups -OCH3 is 2. The molecule has 10 nitrogen and oxygen atoms in total. The smallest absolute Gasteiger partial charge is 0.330 e. The molecule has 1 heterocycles. The van der Waals surface area contributed by atoms with E-state index in [9.17, 15) is 14.4 Å². The molecule has 0 aliphatic carbocycles. The summed E-state index contributed by atoms with van der Waals surface area (Å²) >= 11 is 1.32. The number of nitrogens with one attached hydrogen (secondary N) is 2. The Balaban J connectivity index is 1.96. The lowest BCUT2D eigenvalue weighted by atomic mass is 10.1. The summed E-state index contributed by atoms with van der Waals surface area (Å²) < 4.78 is 21.1. The Morgan fingerprint density at radius 2 is 1.76 bits per heavy atom. The molecule has 0 aliphatic rings. The number of thiazole rings is 1. The number of carbonyl (C=O) groups is 3. The summed E-state index contributed by atoms with van der Waals surface area (Å²) in [5, 5.41) is 7.76. The molecular weight excluding hydrogens is 526 g/mol. The number of esters is 1. The van der Waals surface area contributed by atoms with E-state index in [-0.39, 0.29) is 29.9 Å². The van der Waals surface area contributed by atoms with Crippen LogP contribution in [0.1, 0.15) is 36.8 Å². The number of carbonyl (C=O) groups excluding carboxylic acids is 3. The van der Waals surface area contributed by atoms with Crippen molar-refractivity contribution in [2.45, 2.75) is 51.5 Å². The number of benzene rings is 1. The second kappa shape index (κ2) is 14.5. The molecule has 0 aliphatic heterocycles. The summed E-state index contributed by atoms with van der Waals surface area (Å²) in [4.78, 5) is 41.5. The van der Waals surface area contributed by atoms with E-state index < -0.39 is 26.2 Å². The van der Waals surface area contributed by atoms with Crippen LogP contribution in [0.25, 0.3) is 10.6 Å². The summed E-state index contributed by atoms with van der Waals surface area (Å²) in [6.07, 6.45) is 0. The monoisotopic (exact) mass is 565 g/mol. The molecule has 0 fully saturated rings. The average Bonchev–Trinajstić information content (AvgIpc) is 3.37. The fourth-order valence-corrected chi connectivity index (χ4v) is 4.71. The van der Waals surface area contributed by atoms with Crippen LogP contribution in [0.2, 0.25) is 18.1 Å². The summed E-state index contributed by atoms with van der Waals surface area (Å²) in [7, 11) is 0.720. The van der Waals surface area contributed by atoms with Gasteiger partial charge in [0.1, 0.15) is 23.4 Å². The summed E-state index contributed by atoms with van der Waals surface area (Å²) in [6.45, 7) is 11.6. The number of hydrogen-bond acceptors (Lipinski definition) is 9. The van der Waals surface area contributed by atoms with Crippen molar-refractivity contribution < 1.29 is 33.0 Å². The molecule has 210 valence electrons. The summed E-state index contributed by atoms with van der Waals surface area (Å²) in [5.74, 6) is -1.26. The molecule has 2 amide bonds. The van der Waals surface area contributed by atoms with Crippen molar-refractivity contribution in [1.82, 2.24) is 15.6 Å². The molecule has 2 aromatic rings. The van der Waals surface area contributed by atoms with E-state index in [1.807, 2.05) is 24.3 Å². The highest BCUT2D eigenvalue weighted by molar-refractivity contribution is 7.13. The van der Waals surface area contributed by atoms with Crippen LogP contribution in [-0.2, 0) is 34.8 Å². The first kappa shape index (κ1) is 31.6. The van der Waals surface area contributed by atoms with Crippen LogP contribution in [0.15, 0.2) is 29.6 Å². The van der Waals surface area contributed by atoms with Crippen LogP contribution in [0.3, 0.4) is 0 Å². The first-order valence-corrected chi connectivity index (χ1v) is 16.1. The van der Waals surface area contributed by atoms with Crippen molar-refractivity contribution in [1.29, 1.82) is 0 Å². The summed E-state index contributed by atoms with van der Waals surface area (Å²) in [6, 6.07) is 6.58.